The molecule has 0 radical (unpaired) electrons. The van der Waals surface area contributed by atoms with Gasteiger partial charge < -0.3 is 9.47 Å². The number of nitrogens with one attached hydrogen (secondary N) is 1. The Morgan fingerprint density at radius 1 is 0.939 bits per heavy atom. The molecule has 4 rings (SSSR count). The molecule has 2 amide bonds. The molecule has 0 spiro atoms. The minimum absolute atomic E-state index is 0.0476. The molecular formula is C26H23ClN2O4. The van der Waals surface area contributed by atoms with Crippen molar-refractivity contribution in [2.75, 3.05) is 12.1 Å². The quantitative estimate of drug-likeness (QED) is 0.398. The molecular weight excluding hydrogens is 440 g/mol. The van der Waals surface area contributed by atoms with E-state index in [1.54, 1.807) is 36.4 Å². The van der Waals surface area contributed by atoms with E-state index in [1.807, 2.05) is 36.4 Å². The van der Waals surface area contributed by atoms with Crippen molar-refractivity contribution in [1.29, 1.82) is 0 Å². The van der Waals surface area contributed by atoms with Crippen molar-refractivity contribution in [3.8, 4) is 11.5 Å². The molecule has 1 heterocycles. The first-order chi connectivity index (χ1) is 16.0. The molecule has 1 aliphatic heterocycles. The molecule has 3 aromatic carbocycles. The van der Waals surface area contributed by atoms with E-state index in [1.165, 1.54) is 12.1 Å². The summed E-state index contributed by atoms with van der Waals surface area (Å²) in [6.07, 6.45) is 2.44. The van der Waals surface area contributed by atoms with Crippen molar-refractivity contribution < 1.29 is 19.1 Å². The maximum Gasteiger partial charge on any atom is 0.282 e. The van der Waals surface area contributed by atoms with Crippen LogP contribution in [0.4, 0.5) is 5.69 Å². The minimum Gasteiger partial charge on any atom is -0.493 e. The lowest BCUT2D eigenvalue weighted by atomic mass is 10.1. The molecule has 7 heteroatoms. The van der Waals surface area contributed by atoms with Gasteiger partial charge in [-0.15, -0.1) is 0 Å². The molecule has 1 saturated heterocycles. The van der Waals surface area contributed by atoms with Crippen LogP contribution in [0.2, 0.25) is 5.02 Å². The third-order valence-corrected chi connectivity index (χ3v) is 5.55. The molecule has 168 valence electrons. The first-order valence-electron chi connectivity index (χ1n) is 10.5. The van der Waals surface area contributed by atoms with Gasteiger partial charge in [-0.25, -0.2) is 5.01 Å². The lowest BCUT2D eigenvalue weighted by Gasteiger charge is -2.14. The van der Waals surface area contributed by atoms with Crippen LogP contribution in [0.3, 0.4) is 0 Å². The van der Waals surface area contributed by atoms with E-state index in [2.05, 4.69) is 12.3 Å². The average Bonchev–Trinajstić information content (AvgIpc) is 3.12. The largest absolute Gasteiger partial charge is 0.493 e. The van der Waals surface area contributed by atoms with Crippen LogP contribution in [0.1, 0.15) is 23.6 Å². The number of hydrogen-bond donors (Lipinski definition) is 1. The molecule has 0 unspecified atom stereocenters. The van der Waals surface area contributed by atoms with Crippen molar-refractivity contribution >= 4 is 35.2 Å². The van der Waals surface area contributed by atoms with Gasteiger partial charge in [-0.1, -0.05) is 48.9 Å². The van der Waals surface area contributed by atoms with Crippen molar-refractivity contribution in [2.45, 2.75) is 20.0 Å². The van der Waals surface area contributed by atoms with Crippen LogP contribution in [-0.4, -0.2) is 18.9 Å². The highest BCUT2D eigenvalue weighted by atomic mass is 35.5. The number of benzene rings is 3. The normalized spacial score (nSPS) is 14.5. The number of carbonyl (C=O) groups is 2. The number of amides is 2. The van der Waals surface area contributed by atoms with E-state index in [-0.39, 0.29) is 5.57 Å². The Balaban J connectivity index is 1.52. The number of aryl methyl sites for hydroxylation is 1. The highest BCUT2D eigenvalue weighted by Crippen LogP contribution is 2.30. The summed E-state index contributed by atoms with van der Waals surface area (Å²) < 4.78 is 11.3. The van der Waals surface area contributed by atoms with Crippen molar-refractivity contribution in [3.05, 3.63) is 94.0 Å². The summed E-state index contributed by atoms with van der Waals surface area (Å²) in [4.78, 5) is 25.4. The molecule has 0 aliphatic carbocycles. The van der Waals surface area contributed by atoms with Crippen LogP contribution in [0.5, 0.6) is 11.5 Å². The average molecular weight is 463 g/mol. The van der Waals surface area contributed by atoms with Crippen LogP contribution in [0.15, 0.2) is 72.3 Å². The summed E-state index contributed by atoms with van der Waals surface area (Å²) in [5.74, 6) is 0.179. The van der Waals surface area contributed by atoms with Crippen LogP contribution in [0.25, 0.3) is 6.08 Å². The Labute approximate surface area is 197 Å². The van der Waals surface area contributed by atoms with Gasteiger partial charge in [0.05, 0.1) is 12.8 Å². The van der Waals surface area contributed by atoms with Gasteiger partial charge in [0.25, 0.3) is 11.8 Å². The molecule has 33 heavy (non-hydrogen) atoms. The summed E-state index contributed by atoms with van der Waals surface area (Å²) in [5.41, 5.74) is 6.04. The Hall–Kier alpha value is -3.77. The van der Waals surface area contributed by atoms with Gasteiger partial charge in [0, 0.05) is 5.02 Å². The number of halogens is 1. The summed E-state index contributed by atoms with van der Waals surface area (Å²) in [6, 6.07) is 20.1. The van der Waals surface area contributed by atoms with Gasteiger partial charge in [-0.2, -0.15) is 0 Å². The minimum atomic E-state index is -0.457. The van der Waals surface area contributed by atoms with Crippen LogP contribution < -0.4 is 19.9 Å². The monoisotopic (exact) mass is 462 g/mol. The van der Waals surface area contributed by atoms with Crippen LogP contribution in [-0.2, 0) is 22.6 Å². The van der Waals surface area contributed by atoms with Crippen molar-refractivity contribution in [3.63, 3.8) is 0 Å². The summed E-state index contributed by atoms with van der Waals surface area (Å²) in [7, 11) is 1.54. The Bertz CT molecular complexity index is 1200. The highest BCUT2D eigenvalue weighted by molar-refractivity contribution is 6.31. The summed E-state index contributed by atoms with van der Waals surface area (Å²) >= 11 is 5.92. The number of anilines is 1. The van der Waals surface area contributed by atoms with Gasteiger partial charge in [0.1, 0.15) is 12.2 Å². The zero-order chi connectivity index (χ0) is 23.4. The first-order valence-corrected chi connectivity index (χ1v) is 10.9. The Morgan fingerprint density at radius 2 is 1.64 bits per heavy atom. The van der Waals surface area contributed by atoms with E-state index >= 15 is 0 Å². The maximum atomic E-state index is 12.9. The third-order valence-electron chi connectivity index (χ3n) is 5.30. The second kappa shape index (κ2) is 9.79. The topological polar surface area (TPSA) is 67.9 Å². The van der Waals surface area contributed by atoms with Crippen LogP contribution >= 0.6 is 11.6 Å². The van der Waals surface area contributed by atoms with Gasteiger partial charge in [-0.3, -0.25) is 15.0 Å². The van der Waals surface area contributed by atoms with E-state index in [9.17, 15) is 9.59 Å². The van der Waals surface area contributed by atoms with Gasteiger partial charge in [0.15, 0.2) is 11.5 Å². The molecule has 1 aliphatic rings. The second-order valence-electron chi connectivity index (χ2n) is 7.48. The van der Waals surface area contributed by atoms with Gasteiger partial charge in [-0.05, 0) is 65.6 Å². The number of rotatable bonds is 7. The third kappa shape index (κ3) is 5.02. The predicted octanol–water partition coefficient (Wildman–Crippen LogP) is 4.95. The van der Waals surface area contributed by atoms with Gasteiger partial charge >= 0.3 is 0 Å². The number of carbonyl (C=O) groups excluding carboxylic acids is 2. The van der Waals surface area contributed by atoms with Crippen molar-refractivity contribution in [1.82, 2.24) is 5.43 Å². The standard InChI is InChI=1S/C26H23ClN2O4/c1-3-17-6-11-21(12-7-17)29-26(31)22(25(30)28-29)14-19-8-13-23(24(15-19)32-2)33-16-18-4-9-20(27)10-5-18/h4-15H,3,16H2,1-2H3,(H,28,30)/b22-14-. The second-order valence-corrected chi connectivity index (χ2v) is 7.92. The number of methoxy groups -OCH3 is 1. The lowest BCUT2D eigenvalue weighted by molar-refractivity contribution is -0.117. The van der Waals surface area contributed by atoms with Crippen molar-refractivity contribution in [2.24, 2.45) is 0 Å². The highest BCUT2D eigenvalue weighted by Gasteiger charge is 2.34. The molecule has 1 N–H and O–H groups in total. The fraction of sp³-hybridized carbons (Fsp3) is 0.154. The lowest BCUT2D eigenvalue weighted by Crippen LogP contribution is -2.35. The maximum absolute atomic E-state index is 12.9. The fourth-order valence-electron chi connectivity index (χ4n) is 3.42. The SMILES string of the molecule is CCc1ccc(N2NC(=O)/C(=C/c3ccc(OCc4ccc(Cl)cc4)c(OC)c3)C2=O)cc1. The van der Waals surface area contributed by atoms with E-state index in [0.29, 0.717) is 34.4 Å². The molecule has 0 aromatic heterocycles. The summed E-state index contributed by atoms with van der Waals surface area (Å²) in [6.45, 7) is 2.40. The number of hydrazine groups is 1. The molecule has 3 aromatic rings. The van der Waals surface area contributed by atoms with E-state index in [0.717, 1.165) is 17.5 Å². The first kappa shape index (κ1) is 22.4. The Kier molecular flexibility index (Phi) is 6.66. The smallest absolute Gasteiger partial charge is 0.282 e. The zero-order valence-corrected chi connectivity index (χ0v) is 19.1. The predicted molar refractivity (Wildman–Crippen MR) is 128 cm³/mol. The van der Waals surface area contributed by atoms with Gasteiger partial charge in [0.2, 0.25) is 0 Å². The molecule has 6 nitrogen and oxygen atoms in total. The van der Waals surface area contributed by atoms with E-state index in [4.69, 9.17) is 21.1 Å². The summed E-state index contributed by atoms with van der Waals surface area (Å²) in [5, 5.41) is 1.92. The Morgan fingerprint density at radius 3 is 2.30 bits per heavy atom. The molecule has 0 saturated carbocycles. The number of ether oxygens (including phenoxy) is 2. The fourth-order valence-corrected chi connectivity index (χ4v) is 3.55. The molecule has 0 bridgehead atoms. The van der Waals surface area contributed by atoms with E-state index < -0.39 is 11.8 Å². The number of nitrogens with zero attached hydrogens (tertiary/aromatic N) is 1. The number of hydrogen-bond acceptors (Lipinski definition) is 4. The zero-order valence-electron chi connectivity index (χ0n) is 18.3. The molecule has 0 atom stereocenters. The molecule has 1 fully saturated rings. The van der Waals surface area contributed by atoms with Crippen LogP contribution in [0, 0.1) is 0 Å².